The van der Waals surface area contributed by atoms with Gasteiger partial charge in [0, 0.05) is 62.4 Å². The Morgan fingerprint density at radius 3 is 1.95 bits per heavy atom. The quantitative estimate of drug-likeness (QED) is 0.395. The van der Waals surface area contributed by atoms with Crippen LogP contribution in [0.1, 0.15) is 40.9 Å². The summed E-state index contributed by atoms with van der Waals surface area (Å²) in [6.07, 6.45) is -9.47. The van der Waals surface area contributed by atoms with Gasteiger partial charge in [-0.05, 0) is 56.2 Å². The number of hydrogen-bond donors (Lipinski definition) is 0. The van der Waals surface area contributed by atoms with Crippen molar-refractivity contribution in [2.24, 2.45) is 0 Å². The third-order valence-electron chi connectivity index (χ3n) is 7.27. The number of amides is 1. The average Bonchev–Trinajstić information content (AvgIpc) is 2.87. The predicted octanol–water partition coefficient (Wildman–Crippen LogP) is 5.86. The van der Waals surface area contributed by atoms with Crippen molar-refractivity contribution in [1.82, 2.24) is 14.7 Å². The maximum Gasteiger partial charge on any atom is 0.416 e. The first-order chi connectivity index (χ1) is 18.7. The highest BCUT2D eigenvalue weighted by Gasteiger charge is 2.39. The highest BCUT2D eigenvalue weighted by Crippen LogP contribution is 2.37. The molecule has 2 aromatic carbocycles. The van der Waals surface area contributed by atoms with Crippen LogP contribution in [0.3, 0.4) is 0 Å². The van der Waals surface area contributed by atoms with E-state index >= 15 is 0 Å². The van der Waals surface area contributed by atoms with E-state index in [1.54, 1.807) is 24.3 Å². The van der Waals surface area contributed by atoms with Crippen LogP contribution in [0.4, 0.5) is 26.3 Å². The Morgan fingerprint density at radius 2 is 1.40 bits per heavy atom. The molecule has 40 heavy (non-hydrogen) atoms. The van der Waals surface area contributed by atoms with E-state index in [-0.39, 0.29) is 24.8 Å². The maximum atomic E-state index is 13.5. The molecule has 3 atom stereocenters. The van der Waals surface area contributed by atoms with Gasteiger partial charge in [-0.2, -0.15) is 26.3 Å². The van der Waals surface area contributed by atoms with Crippen molar-refractivity contribution in [2.75, 3.05) is 45.8 Å². The second-order valence-electron chi connectivity index (χ2n) is 10.6. The molecule has 0 saturated carbocycles. The molecule has 0 aromatic heterocycles. The van der Waals surface area contributed by atoms with Gasteiger partial charge in [0.15, 0.2) is 0 Å². The van der Waals surface area contributed by atoms with Crippen LogP contribution in [0, 0.1) is 0 Å². The van der Waals surface area contributed by atoms with Gasteiger partial charge >= 0.3 is 12.4 Å². The summed E-state index contributed by atoms with van der Waals surface area (Å²) in [6, 6.07) is 7.58. The van der Waals surface area contributed by atoms with Gasteiger partial charge < -0.3 is 9.64 Å². The fraction of sp³-hybridized carbons (Fsp3) is 0.536. The lowest BCUT2D eigenvalue weighted by molar-refractivity contribution is -0.143. The molecule has 0 radical (unpaired) electrons. The summed E-state index contributed by atoms with van der Waals surface area (Å²) >= 11 is 6.01. The number of nitrogens with zero attached hydrogens (tertiary/aromatic N) is 3. The Labute approximate surface area is 234 Å². The molecule has 2 heterocycles. The zero-order valence-corrected chi connectivity index (χ0v) is 23.0. The molecule has 2 aromatic rings. The summed E-state index contributed by atoms with van der Waals surface area (Å²) in [5, 5.41) is 0.527. The maximum absolute atomic E-state index is 13.5. The Hall–Kier alpha value is -2.34. The summed E-state index contributed by atoms with van der Waals surface area (Å²) in [6.45, 7) is 8.17. The van der Waals surface area contributed by atoms with Gasteiger partial charge in [-0.1, -0.05) is 23.7 Å². The number of alkyl halides is 6. The smallest absolute Gasteiger partial charge is 0.373 e. The van der Waals surface area contributed by atoms with Crippen LogP contribution in [-0.4, -0.2) is 84.7 Å². The fourth-order valence-electron chi connectivity index (χ4n) is 5.45. The standard InChI is InChI=1S/C28H32ClF6N3O2/c1-18-15-37(16-19(2)40-18)8-7-36-9-10-38(25(17-36)11-20-3-5-24(29)6-4-20)26(39)21-12-22(27(30,31)32)14-23(13-21)28(33,34)35/h3-6,12-14,18-19,25H,7-11,15-17H2,1-2H3/t18-,19+,25-/m1/s1. The lowest BCUT2D eigenvalue weighted by Gasteiger charge is -2.43. The molecule has 0 aliphatic carbocycles. The van der Waals surface area contributed by atoms with Crippen molar-refractivity contribution in [3.8, 4) is 0 Å². The number of rotatable bonds is 6. The summed E-state index contributed by atoms with van der Waals surface area (Å²) < 4.78 is 86.5. The largest absolute Gasteiger partial charge is 0.416 e. The van der Waals surface area contributed by atoms with E-state index in [2.05, 4.69) is 9.80 Å². The molecule has 2 aliphatic rings. The molecule has 1 amide bonds. The molecule has 0 spiro atoms. The number of carbonyl (C=O) groups excluding carboxylic acids is 1. The minimum atomic E-state index is -5.04. The van der Waals surface area contributed by atoms with Gasteiger partial charge in [0.1, 0.15) is 0 Å². The van der Waals surface area contributed by atoms with Crippen LogP contribution in [0.25, 0.3) is 0 Å². The van der Waals surface area contributed by atoms with E-state index in [0.717, 1.165) is 25.2 Å². The zero-order chi connectivity index (χ0) is 29.2. The monoisotopic (exact) mass is 591 g/mol. The van der Waals surface area contributed by atoms with Gasteiger partial charge in [-0.15, -0.1) is 0 Å². The van der Waals surface area contributed by atoms with Crippen LogP contribution in [0.15, 0.2) is 42.5 Å². The molecule has 2 aliphatic heterocycles. The lowest BCUT2D eigenvalue weighted by atomic mass is 9.99. The van der Waals surface area contributed by atoms with Crippen molar-refractivity contribution < 1.29 is 35.9 Å². The van der Waals surface area contributed by atoms with Crippen molar-refractivity contribution >= 4 is 17.5 Å². The number of morpholine rings is 1. The van der Waals surface area contributed by atoms with Gasteiger partial charge in [0.05, 0.1) is 23.3 Å². The van der Waals surface area contributed by atoms with E-state index in [9.17, 15) is 31.1 Å². The van der Waals surface area contributed by atoms with E-state index in [4.69, 9.17) is 16.3 Å². The molecule has 0 bridgehead atoms. The number of halogens is 7. The van der Waals surface area contributed by atoms with Crippen molar-refractivity contribution in [1.29, 1.82) is 0 Å². The summed E-state index contributed by atoms with van der Waals surface area (Å²) in [7, 11) is 0. The second-order valence-corrected chi connectivity index (χ2v) is 11.0. The van der Waals surface area contributed by atoms with E-state index in [1.165, 1.54) is 4.90 Å². The topological polar surface area (TPSA) is 36.0 Å². The van der Waals surface area contributed by atoms with Gasteiger partial charge in [0.2, 0.25) is 0 Å². The molecule has 5 nitrogen and oxygen atoms in total. The first-order valence-corrected chi connectivity index (χ1v) is 13.5. The van der Waals surface area contributed by atoms with Crippen molar-refractivity contribution in [3.63, 3.8) is 0 Å². The molecule has 2 fully saturated rings. The van der Waals surface area contributed by atoms with Crippen LogP contribution >= 0.6 is 11.6 Å². The normalized spacial score (nSPS) is 23.4. The van der Waals surface area contributed by atoms with Crippen LogP contribution in [-0.2, 0) is 23.5 Å². The summed E-state index contributed by atoms with van der Waals surface area (Å²) in [5.41, 5.74) is -2.79. The minimum absolute atomic E-state index is 0.0350. The zero-order valence-electron chi connectivity index (χ0n) is 22.2. The van der Waals surface area contributed by atoms with E-state index < -0.39 is 41.0 Å². The van der Waals surface area contributed by atoms with Crippen molar-refractivity contribution in [2.45, 2.75) is 50.9 Å². The summed E-state index contributed by atoms with van der Waals surface area (Å²) in [4.78, 5) is 19.4. The Balaban J connectivity index is 1.56. The van der Waals surface area contributed by atoms with Gasteiger partial charge in [0.25, 0.3) is 5.91 Å². The predicted molar refractivity (Wildman–Crippen MR) is 139 cm³/mol. The van der Waals surface area contributed by atoms with Crippen LogP contribution in [0.5, 0.6) is 0 Å². The summed E-state index contributed by atoms with van der Waals surface area (Å²) in [5.74, 6) is -0.856. The Bertz CT molecular complexity index is 1130. The molecule has 2 saturated heterocycles. The van der Waals surface area contributed by atoms with Crippen LogP contribution < -0.4 is 0 Å². The number of carbonyl (C=O) groups is 1. The first kappa shape index (κ1) is 30.6. The number of ether oxygens (including phenoxy) is 1. The van der Waals surface area contributed by atoms with Crippen LogP contribution in [0.2, 0.25) is 5.02 Å². The molecule has 0 N–H and O–H groups in total. The van der Waals surface area contributed by atoms with E-state index in [0.29, 0.717) is 43.2 Å². The first-order valence-electron chi connectivity index (χ1n) is 13.1. The molecule has 4 rings (SSSR count). The van der Waals surface area contributed by atoms with Crippen molar-refractivity contribution in [3.05, 3.63) is 69.7 Å². The number of piperazine rings is 1. The third-order valence-corrected chi connectivity index (χ3v) is 7.53. The van der Waals surface area contributed by atoms with Gasteiger partial charge in [-0.3, -0.25) is 14.6 Å². The fourth-order valence-corrected chi connectivity index (χ4v) is 5.58. The average molecular weight is 592 g/mol. The molecular weight excluding hydrogens is 560 g/mol. The second kappa shape index (κ2) is 12.3. The highest BCUT2D eigenvalue weighted by atomic mass is 35.5. The Morgan fingerprint density at radius 1 is 0.850 bits per heavy atom. The SMILES string of the molecule is C[C@@H]1CN(CCN2CCN(C(=O)c3cc(C(F)(F)F)cc(C(F)(F)F)c3)[C@H](Cc3ccc(Cl)cc3)C2)C[C@H](C)O1. The Kier molecular flexibility index (Phi) is 9.38. The third kappa shape index (κ3) is 7.90. The molecule has 12 heteroatoms. The molecule has 220 valence electrons. The molecular formula is C28H32ClF6N3O2. The lowest BCUT2D eigenvalue weighted by Crippen LogP contribution is -2.57. The highest BCUT2D eigenvalue weighted by molar-refractivity contribution is 6.30. The number of benzene rings is 2. The minimum Gasteiger partial charge on any atom is -0.373 e. The molecule has 0 unspecified atom stereocenters. The van der Waals surface area contributed by atoms with E-state index in [1.807, 2.05) is 13.8 Å². The van der Waals surface area contributed by atoms with Gasteiger partial charge in [-0.25, -0.2) is 0 Å². The number of hydrogen-bond acceptors (Lipinski definition) is 4.